The van der Waals surface area contributed by atoms with Crippen LogP contribution in [-0.2, 0) is 15.6 Å². The molecule has 0 heterocycles. The summed E-state index contributed by atoms with van der Waals surface area (Å²) in [7, 11) is -3.20. The van der Waals surface area contributed by atoms with Crippen molar-refractivity contribution in [1.29, 1.82) is 0 Å². The Kier molecular flexibility index (Phi) is 5.10. The zero-order valence-electron chi connectivity index (χ0n) is 13.2. The first-order valence-electron chi connectivity index (χ1n) is 7.83. The minimum atomic E-state index is -3.20. The molecule has 3 atom stereocenters. The van der Waals surface area contributed by atoms with E-state index in [1.165, 1.54) is 0 Å². The summed E-state index contributed by atoms with van der Waals surface area (Å²) in [4.78, 5) is 0. The molecule has 1 aromatic carbocycles. The van der Waals surface area contributed by atoms with E-state index in [0.29, 0.717) is 18.3 Å². The average Bonchev–Trinajstić information content (AvgIpc) is 2.41. The Hall–Kier alpha value is -0.870. The van der Waals surface area contributed by atoms with Crippen LogP contribution in [-0.4, -0.2) is 19.7 Å². The Morgan fingerprint density at radius 3 is 2.52 bits per heavy atom. The van der Waals surface area contributed by atoms with Crippen LogP contribution in [0.2, 0.25) is 0 Å². The quantitative estimate of drug-likeness (QED) is 0.930. The molecule has 0 bridgehead atoms. The molecule has 1 saturated carbocycles. The summed E-state index contributed by atoms with van der Waals surface area (Å²) in [6.07, 6.45) is 2.59. The summed E-state index contributed by atoms with van der Waals surface area (Å²) in [6, 6.07) is 7.49. The van der Waals surface area contributed by atoms with Gasteiger partial charge in [0.1, 0.15) is 0 Å². The summed E-state index contributed by atoms with van der Waals surface area (Å²) in [5, 5.41) is -0.391. The molecule has 0 saturated heterocycles. The molecule has 2 N–H and O–H groups in total. The average molecular weight is 309 g/mol. The molecule has 0 aromatic heterocycles. The maximum absolute atomic E-state index is 12.8. The molecule has 2 rings (SSSR count). The molecule has 0 spiro atoms. The lowest BCUT2D eigenvalue weighted by Gasteiger charge is -2.35. The first-order valence-corrected chi connectivity index (χ1v) is 9.54. The van der Waals surface area contributed by atoms with Crippen molar-refractivity contribution >= 4 is 9.84 Å². The number of sulfone groups is 1. The fraction of sp³-hybridized carbons (Fsp3) is 0.647. The molecule has 1 fully saturated rings. The van der Waals surface area contributed by atoms with Gasteiger partial charge in [-0.15, -0.1) is 0 Å². The molecule has 4 heteroatoms. The first-order chi connectivity index (χ1) is 9.81. The van der Waals surface area contributed by atoms with Crippen LogP contribution < -0.4 is 5.73 Å². The van der Waals surface area contributed by atoms with Crippen LogP contribution in [0.5, 0.6) is 0 Å². The molecule has 0 aliphatic heterocycles. The van der Waals surface area contributed by atoms with E-state index in [9.17, 15) is 8.42 Å². The van der Waals surface area contributed by atoms with Gasteiger partial charge >= 0.3 is 0 Å². The molecular formula is C17H27NO2S. The number of aryl methyl sites for hydroxylation is 1. The lowest BCUT2D eigenvalue weighted by molar-refractivity contribution is 0.261. The Morgan fingerprint density at radius 1 is 1.24 bits per heavy atom. The smallest absolute Gasteiger partial charge is 0.158 e. The largest absolute Gasteiger partial charge is 0.327 e. The number of hydrogen-bond donors (Lipinski definition) is 1. The molecule has 21 heavy (non-hydrogen) atoms. The van der Waals surface area contributed by atoms with Crippen LogP contribution in [0.4, 0.5) is 0 Å². The summed E-state index contributed by atoms with van der Waals surface area (Å²) in [6.45, 7) is 6.31. The highest BCUT2D eigenvalue weighted by molar-refractivity contribution is 7.91. The fourth-order valence-corrected chi connectivity index (χ4v) is 5.48. The molecule has 3 unspecified atom stereocenters. The zero-order chi connectivity index (χ0) is 15.6. The van der Waals surface area contributed by atoms with Crippen LogP contribution >= 0.6 is 0 Å². The summed E-state index contributed by atoms with van der Waals surface area (Å²) < 4.78 is 25.6. The molecule has 0 amide bonds. The maximum atomic E-state index is 12.8. The highest BCUT2D eigenvalue weighted by atomic mass is 32.2. The Labute approximate surface area is 128 Å². The maximum Gasteiger partial charge on any atom is 0.158 e. The van der Waals surface area contributed by atoms with Crippen LogP contribution in [0.15, 0.2) is 24.3 Å². The van der Waals surface area contributed by atoms with Gasteiger partial charge in [0.25, 0.3) is 0 Å². The van der Waals surface area contributed by atoms with Crippen molar-refractivity contribution in [1.82, 2.24) is 0 Å². The predicted molar refractivity (Wildman–Crippen MR) is 87.7 cm³/mol. The summed E-state index contributed by atoms with van der Waals surface area (Å²) >= 11 is 0. The summed E-state index contributed by atoms with van der Waals surface area (Å²) in [5.41, 5.74) is 8.07. The SMILES string of the molecule is Cc1ccccc1CS(=O)(=O)C1CC(C(C)C)CCC1N. The summed E-state index contributed by atoms with van der Waals surface area (Å²) in [5.74, 6) is 1.11. The van der Waals surface area contributed by atoms with Crippen molar-refractivity contribution in [2.45, 2.75) is 57.1 Å². The number of nitrogens with two attached hydrogens (primary N) is 1. The van der Waals surface area contributed by atoms with E-state index in [1.807, 2.05) is 31.2 Å². The second kappa shape index (κ2) is 6.49. The second-order valence-electron chi connectivity index (χ2n) is 6.75. The highest BCUT2D eigenvalue weighted by Crippen LogP contribution is 2.34. The van der Waals surface area contributed by atoms with Gasteiger partial charge in [0.15, 0.2) is 9.84 Å². The Bertz CT molecular complexity index is 580. The molecule has 0 radical (unpaired) electrons. The third kappa shape index (κ3) is 3.86. The van der Waals surface area contributed by atoms with E-state index in [1.54, 1.807) is 0 Å². The zero-order valence-corrected chi connectivity index (χ0v) is 14.1. The lowest BCUT2D eigenvalue weighted by atomic mass is 9.79. The topological polar surface area (TPSA) is 60.2 Å². The third-order valence-electron chi connectivity index (χ3n) is 4.91. The van der Waals surface area contributed by atoms with Crippen molar-refractivity contribution in [3.63, 3.8) is 0 Å². The first kappa shape index (κ1) is 16.5. The van der Waals surface area contributed by atoms with E-state index in [0.717, 1.165) is 24.0 Å². The van der Waals surface area contributed by atoms with Gasteiger partial charge in [-0.05, 0) is 49.1 Å². The van der Waals surface area contributed by atoms with Crippen molar-refractivity contribution in [2.24, 2.45) is 17.6 Å². The van der Waals surface area contributed by atoms with Crippen LogP contribution in [0.1, 0.15) is 44.2 Å². The van der Waals surface area contributed by atoms with Crippen molar-refractivity contribution in [3.8, 4) is 0 Å². The normalized spacial score (nSPS) is 27.0. The molecule has 118 valence electrons. The van der Waals surface area contributed by atoms with Gasteiger partial charge in [-0.1, -0.05) is 38.1 Å². The van der Waals surface area contributed by atoms with Gasteiger partial charge in [0, 0.05) is 6.04 Å². The lowest BCUT2D eigenvalue weighted by Crippen LogP contribution is -2.46. The highest BCUT2D eigenvalue weighted by Gasteiger charge is 2.38. The van der Waals surface area contributed by atoms with E-state index in [-0.39, 0.29) is 11.8 Å². The second-order valence-corrected chi connectivity index (χ2v) is 8.97. The van der Waals surface area contributed by atoms with Gasteiger partial charge in [-0.25, -0.2) is 8.42 Å². The van der Waals surface area contributed by atoms with E-state index < -0.39 is 15.1 Å². The van der Waals surface area contributed by atoms with Crippen LogP contribution in [0.3, 0.4) is 0 Å². The monoisotopic (exact) mass is 309 g/mol. The minimum absolute atomic E-state index is 0.114. The molecule has 3 nitrogen and oxygen atoms in total. The molecule has 1 aliphatic carbocycles. The predicted octanol–water partition coefficient (Wildman–Crippen LogP) is 3.06. The van der Waals surface area contributed by atoms with Gasteiger partial charge in [0.05, 0.1) is 11.0 Å². The van der Waals surface area contributed by atoms with Crippen LogP contribution in [0.25, 0.3) is 0 Å². The molecule has 1 aromatic rings. The van der Waals surface area contributed by atoms with Gasteiger partial charge in [-0.2, -0.15) is 0 Å². The van der Waals surface area contributed by atoms with E-state index in [2.05, 4.69) is 13.8 Å². The third-order valence-corrected chi connectivity index (χ3v) is 7.08. The number of hydrogen-bond acceptors (Lipinski definition) is 3. The Morgan fingerprint density at radius 2 is 1.90 bits per heavy atom. The minimum Gasteiger partial charge on any atom is -0.327 e. The van der Waals surface area contributed by atoms with Crippen LogP contribution in [0, 0.1) is 18.8 Å². The number of benzene rings is 1. The fourth-order valence-electron chi connectivity index (χ4n) is 3.30. The van der Waals surface area contributed by atoms with Crippen molar-refractivity contribution < 1.29 is 8.42 Å². The van der Waals surface area contributed by atoms with Gasteiger partial charge in [0.2, 0.25) is 0 Å². The van der Waals surface area contributed by atoms with Gasteiger partial charge in [-0.3, -0.25) is 0 Å². The Balaban J connectivity index is 2.19. The van der Waals surface area contributed by atoms with E-state index >= 15 is 0 Å². The van der Waals surface area contributed by atoms with Crippen molar-refractivity contribution in [3.05, 3.63) is 35.4 Å². The number of rotatable bonds is 4. The standard InChI is InChI=1S/C17H27NO2S/c1-12(2)14-8-9-16(18)17(10-14)21(19,20)11-15-7-5-4-6-13(15)3/h4-7,12,14,16-17H,8-11,18H2,1-3H3. The van der Waals surface area contributed by atoms with E-state index in [4.69, 9.17) is 5.73 Å². The van der Waals surface area contributed by atoms with Crippen molar-refractivity contribution in [2.75, 3.05) is 0 Å². The molecular weight excluding hydrogens is 282 g/mol. The molecule has 1 aliphatic rings. The van der Waals surface area contributed by atoms with Gasteiger partial charge < -0.3 is 5.73 Å².